The van der Waals surface area contributed by atoms with E-state index in [1.165, 1.54) is 4.90 Å². The van der Waals surface area contributed by atoms with Gasteiger partial charge in [-0.05, 0) is 45.7 Å². The Hall–Kier alpha value is -2.37. The number of hydrogen-bond acceptors (Lipinski definition) is 4. The number of hydrogen-bond donors (Lipinski definition) is 1. The Morgan fingerprint density at radius 3 is 2.58 bits per heavy atom. The van der Waals surface area contributed by atoms with Crippen molar-refractivity contribution < 1.29 is 19.1 Å². The first kappa shape index (κ1) is 18.0. The highest BCUT2D eigenvalue weighted by molar-refractivity contribution is 6.01. The standard InChI is InChI=1S/C18H24N2O4/c1-11-5-6-13-12(9-11)10-20(17(13)23)14(16(19)22)7-8-15(21)24-18(2,3)4/h5-6,9,14H,7-8,10H2,1-4H3,(H2,19,22). The van der Waals surface area contributed by atoms with Gasteiger partial charge in [0.2, 0.25) is 5.91 Å². The van der Waals surface area contributed by atoms with Gasteiger partial charge in [-0.1, -0.05) is 17.7 Å². The van der Waals surface area contributed by atoms with E-state index in [0.29, 0.717) is 12.1 Å². The maximum absolute atomic E-state index is 12.5. The van der Waals surface area contributed by atoms with E-state index < -0.39 is 23.5 Å². The summed E-state index contributed by atoms with van der Waals surface area (Å²) in [6.45, 7) is 7.61. The Bertz CT molecular complexity index is 676. The second-order valence-corrected chi connectivity index (χ2v) is 7.14. The molecule has 1 atom stereocenters. The van der Waals surface area contributed by atoms with Crippen LogP contribution in [-0.4, -0.2) is 34.3 Å². The Balaban J connectivity index is 2.08. The summed E-state index contributed by atoms with van der Waals surface area (Å²) in [4.78, 5) is 37.7. The van der Waals surface area contributed by atoms with Crippen LogP contribution in [0.5, 0.6) is 0 Å². The van der Waals surface area contributed by atoms with Crippen molar-refractivity contribution in [3.05, 3.63) is 34.9 Å². The molecule has 2 N–H and O–H groups in total. The van der Waals surface area contributed by atoms with Gasteiger partial charge in [0, 0.05) is 18.5 Å². The quantitative estimate of drug-likeness (QED) is 0.834. The van der Waals surface area contributed by atoms with E-state index in [1.807, 2.05) is 19.1 Å². The van der Waals surface area contributed by atoms with Gasteiger partial charge >= 0.3 is 5.97 Å². The van der Waals surface area contributed by atoms with Crippen molar-refractivity contribution in [3.8, 4) is 0 Å². The lowest BCUT2D eigenvalue weighted by Gasteiger charge is -2.25. The number of benzene rings is 1. The van der Waals surface area contributed by atoms with Crippen LogP contribution in [0.15, 0.2) is 18.2 Å². The van der Waals surface area contributed by atoms with Crippen LogP contribution in [0.2, 0.25) is 0 Å². The summed E-state index contributed by atoms with van der Waals surface area (Å²) in [6, 6.07) is 4.73. The summed E-state index contributed by atoms with van der Waals surface area (Å²) in [5, 5.41) is 0. The molecule has 0 saturated heterocycles. The van der Waals surface area contributed by atoms with Crippen molar-refractivity contribution in [2.45, 2.75) is 58.7 Å². The lowest BCUT2D eigenvalue weighted by atomic mass is 10.1. The molecule has 0 aliphatic carbocycles. The van der Waals surface area contributed by atoms with Crippen molar-refractivity contribution in [3.63, 3.8) is 0 Å². The monoisotopic (exact) mass is 332 g/mol. The molecular weight excluding hydrogens is 308 g/mol. The second-order valence-electron chi connectivity index (χ2n) is 7.14. The van der Waals surface area contributed by atoms with Gasteiger partial charge in [0.25, 0.3) is 5.91 Å². The third kappa shape index (κ3) is 4.13. The lowest BCUT2D eigenvalue weighted by Crippen LogP contribution is -2.45. The van der Waals surface area contributed by atoms with Crippen LogP contribution >= 0.6 is 0 Å². The van der Waals surface area contributed by atoms with Gasteiger partial charge < -0.3 is 15.4 Å². The van der Waals surface area contributed by atoms with Crippen molar-refractivity contribution in [1.29, 1.82) is 0 Å². The van der Waals surface area contributed by atoms with Gasteiger partial charge in [-0.15, -0.1) is 0 Å². The average Bonchev–Trinajstić information content (AvgIpc) is 2.73. The largest absolute Gasteiger partial charge is 0.460 e. The molecule has 0 spiro atoms. The molecular formula is C18H24N2O4. The van der Waals surface area contributed by atoms with E-state index in [9.17, 15) is 14.4 Å². The predicted molar refractivity (Wildman–Crippen MR) is 89.1 cm³/mol. The molecule has 24 heavy (non-hydrogen) atoms. The first-order valence-electron chi connectivity index (χ1n) is 8.00. The molecule has 0 radical (unpaired) electrons. The molecule has 0 saturated carbocycles. The highest BCUT2D eigenvalue weighted by Gasteiger charge is 2.35. The number of amides is 2. The van der Waals surface area contributed by atoms with E-state index in [-0.39, 0.29) is 18.7 Å². The minimum absolute atomic E-state index is 0.0318. The minimum Gasteiger partial charge on any atom is -0.460 e. The molecule has 0 aromatic heterocycles. The Morgan fingerprint density at radius 1 is 1.33 bits per heavy atom. The fourth-order valence-corrected chi connectivity index (χ4v) is 2.82. The number of aryl methyl sites for hydroxylation is 1. The number of carbonyl (C=O) groups excluding carboxylic acids is 3. The zero-order valence-corrected chi connectivity index (χ0v) is 14.6. The molecule has 1 aliphatic rings. The predicted octanol–water partition coefficient (Wildman–Crippen LogP) is 1.93. The van der Waals surface area contributed by atoms with E-state index in [1.54, 1.807) is 26.8 Å². The molecule has 1 heterocycles. The van der Waals surface area contributed by atoms with Crippen molar-refractivity contribution in [1.82, 2.24) is 4.90 Å². The highest BCUT2D eigenvalue weighted by Crippen LogP contribution is 2.27. The van der Waals surface area contributed by atoms with Crippen LogP contribution < -0.4 is 5.73 Å². The summed E-state index contributed by atoms with van der Waals surface area (Å²) >= 11 is 0. The van der Waals surface area contributed by atoms with Crippen LogP contribution in [0.1, 0.15) is 55.1 Å². The van der Waals surface area contributed by atoms with Crippen molar-refractivity contribution in [2.24, 2.45) is 5.73 Å². The van der Waals surface area contributed by atoms with Crippen LogP contribution in [0.4, 0.5) is 0 Å². The molecule has 1 aliphatic heterocycles. The first-order chi connectivity index (χ1) is 11.1. The van der Waals surface area contributed by atoms with Crippen LogP contribution in [0.25, 0.3) is 0 Å². The molecule has 130 valence electrons. The topological polar surface area (TPSA) is 89.7 Å². The summed E-state index contributed by atoms with van der Waals surface area (Å²) in [5.74, 6) is -1.25. The Kier molecular flexibility index (Phi) is 4.96. The highest BCUT2D eigenvalue weighted by atomic mass is 16.6. The zero-order chi connectivity index (χ0) is 18.1. The summed E-state index contributed by atoms with van der Waals surface area (Å²) in [5.41, 5.74) is 7.40. The van der Waals surface area contributed by atoms with Crippen LogP contribution in [0, 0.1) is 6.92 Å². The number of ether oxygens (including phenoxy) is 1. The third-order valence-electron chi connectivity index (χ3n) is 3.84. The lowest BCUT2D eigenvalue weighted by molar-refractivity contribution is -0.155. The number of nitrogens with two attached hydrogens (primary N) is 1. The molecule has 2 rings (SSSR count). The van der Waals surface area contributed by atoms with Crippen molar-refractivity contribution >= 4 is 17.8 Å². The average molecular weight is 332 g/mol. The van der Waals surface area contributed by atoms with E-state index in [4.69, 9.17) is 10.5 Å². The summed E-state index contributed by atoms with van der Waals surface area (Å²) in [7, 11) is 0. The maximum atomic E-state index is 12.5. The van der Waals surface area contributed by atoms with Gasteiger partial charge in [-0.2, -0.15) is 0 Å². The van der Waals surface area contributed by atoms with Gasteiger partial charge in [-0.25, -0.2) is 0 Å². The van der Waals surface area contributed by atoms with Crippen LogP contribution in [-0.2, 0) is 20.9 Å². The normalized spacial score (nSPS) is 15.2. The molecule has 0 fully saturated rings. The van der Waals surface area contributed by atoms with Gasteiger partial charge in [0.05, 0.1) is 0 Å². The molecule has 1 aromatic rings. The summed E-state index contributed by atoms with van der Waals surface area (Å²) < 4.78 is 5.24. The first-order valence-corrected chi connectivity index (χ1v) is 8.00. The number of fused-ring (bicyclic) bond motifs is 1. The Morgan fingerprint density at radius 2 is 2.00 bits per heavy atom. The maximum Gasteiger partial charge on any atom is 0.306 e. The van der Waals surface area contributed by atoms with E-state index in [0.717, 1.165) is 11.1 Å². The third-order valence-corrected chi connectivity index (χ3v) is 3.84. The smallest absolute Gasteiger partial charge is 0.306 e. The molecule has 6 nitrogen and oxygen atoms in total. The number of rotatable bonds is 5. The van der Waals surface area contributed by atoms with E-state index in [2.05, 4.69) is 0 Å². The van der Waals surface area contributed by atoms with Crippen LogP contribution in [0.3, 0.4) is 0 Å². The molecule has 0 bridgehead atoms. The molecule has 1 unspecified atom stereocenters. The van der Waals surface area contributed by atoms with Crippen molar-refractivity contribution in [2.75, 3.05) is 0 Å². The number of nitrogens with zero attached hydrogens (tertiary/aromatic N) is 1. The Labute approximate surface area is 142 Å². The molecule has 6 heteroatoms. The minimum atomic E-state index is -0.822. The number of primary amides is 1. The van der Waals surface area contributed by atoms with Gasteiger partial charge in [-0.3, -0.25) is 14.4 Å². The fraction of sp³-hybridized carbons (Fsp3) is 0.500. The van der Waals surface area contributed by atoms with Gasteiger partial charge in [0.1, 0.15) is 11.6 Å². The second kappa shape index (κ2) is 6.63. The SMILES string of the molecule is Cc1ccc2c(c1)CN(C(CCC(=O)OC(C)(C)C)C(N)=O)C2=O. The number of esters is 1. The zero-order valence-electron chi connectivity index (χ0n) is 14.6. The molecule has 2 amide bonds. The number of carbonyl (C=O) groups is 3. The summed E-state index contributed by atoms with van der Waals surface area (Å²) in [6.07, 6.45) is 0.187. The fourth-order valence-electron chi connectivity index (χ4n) is 2.82. The molecule has 1 aromatic carbocycles. The van der Waals surface area contributed by atoms with Gasteiger partial charge in [0.15, 0.2) is 0 Å². The van der Waals surface area contributed by atoms with E-state index >= 15 is 0 Å².